The van der Waals surface area contributed by atoms with E-state index in [2.05, 4.69) is 10.2 Å². The first-order chi connectivity index (χ1) is 8.42. The lowest BCUT2D eigenvalue weighted by molar-refractivity contribution is -0.125. The number of primary amides is 1. The van der Waals surface area contributed by atoms with E-state index in [9.17, 15) is 9.59 Å². The van der Waals surface area contributed by atoms with Crippen LogP contribution in [-0.2, 0) is 4.79 Å². The van der Waals surface area contributed by atoms with Gasteiger partial charge in [0.2, 0.25) is 5.91 Å². The minimum absolute atomic E-state index is 0.101. The lowest BCUT2D eigenvalue weighted by atomic mass is 9.89. The summed E-state index contributed by atoms with van der Waals surface area (Å²) in [5, 5.41) is 16.2. The van der Waals surface area contributed by atoms with E-state index in [1.165, 1.54) is 6.07 Å². The third kappa shape index (κ3) is 2.11. The number of nitrogens with two attached hydrogens (primary N) is 1. The predicted molar refractivity (Wildman–Crippen MR) is 63.1 cm³/mol. The Kier molecular flexibility index (Phi) is 2.90. The highest BCUT2D eigenvalue weighted by molar-refractivity contribution is 5.85. The number of aromatic nitrogens is 2. The van der Waals surface area contributed by atoms with Gasteiger partial charge in [0.25, 0.3) is 0 Å². The van der Waals surface area contributed by atoms with Crippen molar-refractivity contribution in [2.75, 3.05) is 18.0 Å². The van der Waals surface area contributed by atoms with Crippen molar-refractivity contribution in [2.24, 2.45) is 11.1 Å². The molecule has 1 aromatic heterocycles. The van der Waals surface area contributed by atoms with Crippen molar-refractivity contribution < 1.29 is 14.7 Å². The molecule has 0 radical (unpaired) electrons. The van der Waals surface area contributed by atoms with Crippen molar-refractivity contribution in [1.82, 2.24) is 10.2 Å². The summed E-state index contributed by atoms with van der Waals surface area (Å²) in [6, 6.07) is 2.98. The first-order valence-corrected chi connectivity index (χ1v) is 5.54. The van der Waals surface area contributed by atoms with Crippen LogP contribution in [-0.4, -0.2) is 40.3 Å². The summed E-state index contributed by atoms with van der Waals surface area (Å²) >= 11 is 0. The predicted octanol–water partition coefficient (Wildman–Crippen LogP) is -0.124. The molecule has 0 bridgehead atoms. The molecule has 7 nitrogen and oxygen atoms in total. The van der Waals surface area contributed by atoms with Gasteiger partial charge in [-0.1, -0.05) is 0 Å². The van der Waals surface area contributed by atoms with Gasteiger partial charge in [-0.3, -0.25) is 4.79 Å². The quantitative estimate of drug-likeness (QED) is 0.773. The van der Waals surface area contributed by atoms with Gasteiger partial charge in [-0.2, -0.15) is 0 Å². The second kappa shape index (κ2) is 4.25. The van der Waals surface area contributed by atoms with Gasteiger partial charge in [-0.05, 0) is 25.5 Å². The van der Waals surface area contributed by atoms with E-state index in [1.54, 1.807) is 6.07 Å². The zero-order chi connectivity index (χ0) is 13.3. The molecule has 7 heteroatoms. The Bertz CT molecular complexity index is 488. The minimum atomic E-state index is -1.11. The average Bonchev–Trinajstić information content (AvgIpc) is 2.73. The molecule has 1 unspecified atom stereocenters. The van der Waals surface area contributed by atoms with Crippen LogP contribution in [0.5, 0.6) is 0 Å². The normalized spacial score (nSPS) is 23.1. The van der Waals surface area contributed by atoms with E-state index in [1.807, 2.05) is 11.8 Å². The Labute approximate surface area is 104 Å². The Hall–Kier alpha value is -2.18. The van der Waals surface area contributed by atoms with E-state index in [4.69, 9.17) is 10.8 Å². The number of amides is 1. The second-order valence-electron chi connectivity index (χ2n) is 4.68. The van der Waals surface area contributed by atoms with Crippen molar-refractivity contribution >= 4 is 17.7 Å². The molecule has 3 N–H and O–H groups in total. The van der Waals surface area contributed by atoms with Crippen molar-refractivity contribution in [3.8, 4) is 0 Å². The molecule has 0 aliphatic carbocycles. The summed E-state index contributed by atoms with van der Waals surface area (Å²) in [7, 11) is 0. The first kappa shape index (κ1) is 12.3. The molecule has 1 saturated heterocycles. The molecule has 2 heterocycles. The number of carboxylic acids is 1. The van der Waals surface area contributed by atoms with Crippen LogP contribution in [0.2, 0.25) is 0 Å². The number of nitrogens with zero attached hydrogens (tertiary/aromatic N) is 3. The summed E-state index contributed by atoms with van der Waals surface area (Å²) in [5.74, 6) is -0.887. The molecular formula is C11H14N4O3. The van der Waals surface area contributed by atoms with Gasteiger partial charge in [0, 0.05) is 13.1 Å². The van der Waals surface area contributed by atoms with Crippen LogP contribution < -0.4 is 10.6 Å². The Morgan fingerprint density at radius 2 is 2.17 bits per heavy atom. The zero-order valence-corrected chi connectivity index (χ0v) is 9.96. The van der Waals surface area contributed by atoms with Crippen molar-refractivity contribution in [3.63, 3.8) is 0 Å². The van der Waals surface area contributed by atoms with E-state index in [-0.39, 0.29) is 11.6 Å². The van der Waals surface area contributed by atoms with E-state index < -0.39 is 11.4 Å². The summed E-state index contributed by atoms with van der Waals surface area (Å²) in [5.41, 5.74) is 4.69. The van der Waals surface area contributed by atoms with Gasteiger partial charge >= 0.3 is 5.97 Å². The van der Waals surface area contributed by atoms with Gasteiger partial charge in [0.1, 0.15) is 0 Å². The van der Waals surface area contributed by atoms with Crippen LogP contribution in [0.3, 0.4) is 0 Å². The number of carboxylic acid groups (broad SMARTS) is 1. The van der Waals surface area contributed by atoms with Crippen LogP contribution in [0, 0.1) is 5.41 Å². The number of rotatable bonds is 3. The fraction of sp³-hybridized carbons (Fsp3) is 0.455. The standard InChI is InChI=1S/C11H14N4O3/c1-11(10(12)18)4-5-15(6-11)8-3-2-7(9(16)17)13-14-8/h2-3H,4-6H2,1H3,(H2,12,18)(H,16,17). The van der Waals surface area contributed by atoms with E-state index in [0.29, 0.717) is 25.3 Å². The number of hydrogen-bond donors (Lipinski definition) is 2. The zero-order valence-electron chi connectivity index (χ0n) is 9.96. The highest BCUT2D eigenvalue weighted by atomic mass is 16.4. The molecule has 1 amide bonds. The van der Waals surface area contributed by atoms with Gasteiger partial charge < -0.3 is 15.7 Å². The molecule has 0 saturated carbocycles. The topological polar surface area (TPSA) is 109 Å². The van der Waals surface area contributed by atoms with Crippen molar-refractivity contribution in [2.45, 2.75) is 13.3 Å². The minimum Gasteiger partial charge on any atom is -0.476 e. The molecule has 2 rings (SSSR count). The molecule has 0 spiro atoms. The highest BCUT2D eigenvalue weighted by Crippen LogP contribution is 2.31. The van der Waals surface area contributed by atoms with Gasteiger partial charge in [0.15, 0.2) is 11.5 Å². The Balaban J connectivity index is 2.15. The second-order valence-corrected chi connectivity index (χ2v) is 4.68. The summed E-state index contributed by atoms with van der Waals surface area (Å²) in [6.07, 6.45) is 0.657. The SMILES string of the molecule is CC1(C(N)=O)CCN(c2ccc(C(=O)O)nn2)C1. The Morgan fingerprint density at radius 1 is 1.44 bits per heavy atom. The van der Waals surface area contributed by atoms with Crippen LogP contribution in [0.4, 0.5) is 5.82 Å². The molecule has 1 aliphatic heterocycles. The Morgan fingerprint density at radius 3 is 2.61 bits per heavy atom. The monoisotopic (exact) mass is 250 g/mol. The van der Waals surface area contributed by atoms with Crippen LogP contribution in [0.15, 0.2) is 12.1 Å². The first-order valence-electron chi connectivity index (χ1n) is 5.54. The maximum Gasteiger partial charge on any atom is 0.356 e. The fourth-order valence-corrected chi connectivity index (χ4v) is 1.97. The number of hydrogen-bond acceptors (Lipinski definition) is 5. The summed E-state index contributed by atoms with van der Waals surface area (Å²) in [4.78, 5) is 23.9. The van der Waals surface area contributed by atoms with Crippen LogP contribution >= 0.6 is 0 Å². The molecule has 0 aromatic carbocycles. The molecule has 1 atom stereocenters. The summed E-state index contributed by atoms with van der Waals surface area (Å²) < 4.78 is 0. The smallest absolute Gasteiger partial charge is 0.356 e. The number of aromatic carboxylic acids is 1. The molecule has 96 valence electrons. The highest BCUT2D eigenvalue weighted by Gasteiger charge is 2.39. The van der Waals surface area contributed by atoms with Gasteiger partial charge in [0.05, 0.1) is 5.41 Å². The lowest BCUT2D eigenvalue weighted by Crippen LogP contribution is -2.37. The van der Waals surface area contributed by atoms with Gasteiger partial charge in [-0.15, -0.1) is 10.2 Å². The van der Waals surface area contributed by atoms with E-state index >= 15 is 0 Å². The van der Waals surface area contributed by atoms with Crippen LogP contribution in [0.1, 0.15) is 23.8 Å². The largest absolute Gasteiger partial charge is 0.476 e. The van der Waals surface area contributed by atoms with Crippen molar-refractivity contribution in [3.05, 3.63) is 17.8 Å². The maximum atomic E-state index is 11.3. The van der Waals surface area contributed by atoms with Gasteiger partial charge in [-0.25, -0.2) is 4.79 Å². The molecule has 18 heavy (non-hydrogen) atoms. The molecule has 1 aromatic rings. The third-order valence-electron chi connectivity index (χ3n) is 3.26. The fourth-order valence-electron chi connectivity index (χ4n) is 1.97. The number of carbonyl (C=O) groups is 2. The molecule has 1 fully saturated rings. The van der Waals surface area contributed by atoms with Crippen LogP contribution in [0.25, 0.3) is 0 Å². The number of carbonyl (C=O) groups excluding carboxylic acids is 1. The summed E-state index contributed by atoms with van der Waals surface area (Å²) in [6.45, 7) is 2.94. The molecule has 1 aliphatic rings. The lowest BCUT2D eigenvalue weighted by Gasteiger charge is -2.21. The van der Waals surface area contributed by atoms with Crippen molar-refractivity contribution in [1.29, 1.82) is 0 Å². The molecular weight excluding hydrogens is 236 g/mol. The third-order valence-corrected chi connectivity index (χ3v) is 3.26. The van der Waals surface area contributed by atoms with E-state index in [0.717, 1.165) is 0 Å². The number of anilines is 1. The maximum absolute atomic E-state index is 11.3. The average molecular weight is 250 g/mol.